The second-order valence-corrected chi connectivity index (χ2v) is 5.72. The van der Waals surface area contributed by atoms with Crippen molar-refractivity contribution in [3.63, 3.8) is 0 Å². The number of rotatable bonds is 5. The van der Waals surface area contributed by atoms with Crippen LogP contribution >= 0.6 is 11.6 Å². The molecule has 6 nitrogen and oxygen atoms in total. The van der Waals surface area contributed by atoms with Gasteiger partial charge in [0.25, 0.3) is 5.91 Å². The van der Waals surface area contributed by atoms with Crippen LogP contribution in [0.15, 0.2) is 36.4 Å². The van der Waals surface area contributed by atoms with Gasteiger partial charge in [0.05, 0.1) is 21.3 Å². The van der Waals surface area contributed by atoms with E-state index >= 15 is 0 Å². The molecule has 25 heavy (non-hydrogen) atoms. The fourth-order valence-electron chi connectivity index (χ4n) is 2.58. The summed E-state index contributed by atoms with van der Waals surface area (Å²) in [6.07, 6.45) is 0. The highest BCUT2D eigenvalue weighted by Crippen LogP contribution is 2.40. The molecule has 1 aromatic heterocycles. The predicted octanol–water partition coefficient (Wildman–Crippen LogP) is 4.10. The minimum Gasteiger partial charge on any atom is -0.493 e. The molecule has 0 aliphatic carbocycles. The van der Waals surface area contributed by atoms with Crippen LogP contribution in [-0.4, -0.2) is 32.2 Å². The number of amides is 1. The van der Waals surface area contributed by atoms with Gasteiger partial charge in [-0.05, 0) is 24.3 Å². The van der Waals surface area contributed by atoms with Crippen LogP contribution in [0.25, 0.3) is 10.9 Å². The van der Waals surface area contributed by atoms with Gasteiger partial charge in [-0.15, -0.1) is 0 Å². The SMILES string of the molecule is COc1cc(NC(=O)c2cc3cc(Cl)ccc3[nH]2)cc(OC)c1OC. The number of nitrogens with one attached hydrogen (secondary N) is 2. The average Bonchev–Trinajstić information content (AvgIpc) is 3.04. The van der Waals surface area contributed by atoms with E-state index in [4.69, 9.17) is 25.8 Å². The van der Waals surface area contributed by atoms with Crippen molar-refractivity contribution in [2.75, 3.05) is 26.6 Å². The second kappa shape index (κ2) is 6.94. The summed E-state index contributed by atoms with van der Waals surface area (Å²) in [6, 6.07) is 10.5. The summed E-state index contributed by atoms with van der Waals surface area (Å²) in [7, 11) is 4.56. The normalized spacial score (nSPS) is 10.6. The number of carbonyl (C=O) groups is 1. The number of anilines is 1. The molecule has 1 heterocycles. The maximum absolute atomic E-state index is 12.5. The molecule has 2 aromatic carbocycles. The van der Waals surface area contributed by atoms with Crippen LogP contribution in [0, 0.1) is 0 Å². The van der Waals surface area contributed by atoms with Crippen LogP contribution in [0.1, 0.15) is 10.5 Å². The van der Waals surface area contributed by atoms with Crippen molar-refractivity contribution in [1.29, 1.82) is 0 Å². The third-order valence-corrected chi connectivity index (χ3v) is 3.99. The lowest BCUT2D eigenvalue weighted by molar-refractivity contribution is 0.102. The Bertz CT molecular complexity index is 911. The summed E-state index contributed by atoms with van der Waals surface area (Å²) in [6.45, 7) is 0. The van der Waals surface area contributed by atoms with Crippen LogP contribution in [-0.2, 0) is 0 Å². The van der Waals surface area contributed by atoms with Gasteiger partial charge in [0.2, 0.25) is 5.75 Å². The van der Waals surface area contributed by atoms with E-state index in [9.17, 15) is 4.79 Å². The fourth-order valence-corrected chi connectivity index (χ4v) is 2.76. The first-order valence-electron chi connectivity index (χ1n) is 7.45. The zero-order chi connectivity index (χ0) is 18.0. The monoisotopic (exact) mass is 360 g/mol. The van der Waals surface area contributed by atoms with E-state index in [1.807, 2.05) is 6.07 Å². The van der Waals surface area contributed by atoms with Crippen molar-refractivity contribution < 1.29 is 19.0 Å². The number of hydrogen-bond donors (Lipinski definition) is 2. The number of ether oxygens (including phenoxy) is 3. The van der Waals surface area contributed by atoms with Crippen LogP contribution < -0.4 is 19.5 Å². The molecule has 0 aliphatic heterocycles. The van der Waals surface area contributed by atoms with Gasteiger partial charge in [-0.3, -0.25) is 4.79 Å². The van der Waals surface area contributed by atoms with E-state index in [0.717, 1.165) is 10.9 Å². The number of benzene rings is 2. The topological polar surface area (TPSA) is 72.6 Å². The standard InChI is InChI=1S/C18H17ClN2O4/c1-23-15-8-12(9-16(24-2)17(15)25-3)20-18(22)14-7-10-6-11(19)4-5-13(10)21-14/h4-9,21H,1-3H3,(H,20,22). The summed E-state index contributed by atoms with van der Waals surface area (Å²) in [4.78, 5) is 15.6. The molecule has 2 N–H and O–H groups in total. The number of fused-ring (bicyclic) bond motifs is 1. The minimum absolute atomic E-state index is 0.290. The number of hydrogen-bond acceptors (Lipinski definition) is 4. The summed E-state index contributed by atoms with van der Waals surface area (Å²) in [5.74, 6) is 1.09. The van der Waals surface area contributed by atoms with Crippen molar-refractivity contribution >= 4 is 34.1 Å². The minimum atomic E-state index is -0.290. The molecule has 7 heteroatoms. The van der Waals surface area contributed by atoms with Crippen LogP contribution in [0.5, 0.6) is 17.2 Å². The van der Waals surface area contributed by atoms with Gasteiger partial charge >= 0.3 is 0 Å². The van der Waals surface area contributed by atoms with E-state index in [2.05, 4.69) is 10.3 Å². The summed E-state index contributed by atoms with van der Waals surface area (Å²) < 4.78 is 15.9. The molecule has 0 atom stereocenters. The van der Waals surface area contributed by atoms with Gasteiger partial charge < -0.3 is 24.5 Å². The van der Waals surface area contributed by atoms with E-state index in [0.29, 0.717) is 33.7 Å². The molecule has 0 saturated carbocycles. The van der Waals surface area contributed by atoms with Crippen molar-refractivity contribution in [2.24, 2.45) is 0 Å². The van der Waals surface area contributed by atoms with Gasteiger partial charge in [0.1, 0.15) is 5.69 Å². The Morgan fingerprint density at radius 1 is 1.00 bits per heavy atom. The highest BCUT2D eigenvalue weighted by molar-refractivity contribution is 6.31. The fraction of sp³-hybridized carbons (Fsp3) is 0.167. The van der Waals surface area contributed by atoms with Crippen LogP contribution in [0.4, 0.5) is 5.69 Å². The van der Waals surface area contributed by atoms with Gasteiger partial charge in [-0.2, -0.15) is 0 Å². The highest BCUT2D eigenvalue weighted by atomic mass is 35.5. The summed E-state index contributed by atoms with van der Waals surface area (Å²) in [5, 5.41) is 4.29. The van der Waals surface area contributed by atoms with Gasteiger partial charge in [-0.1, -0.05) is 11.6 Å². The number of H-pyrrole nitrogens is 1. The molecule has 3 aromatic rings. The number of aromatic nitrogens is 1. The lowest BCUT2D eigenvalue weighted by Gasteiger charge is -2.14. The summed E-state index contributed by atoms with van der Waals surface area (Å²) >= 11 is 5.98. The van der Waals surface area contributed by atoms with Crippen molar-refractivity contribution in [1.82, 2.24) is 4.98 Å². The number of methoxy groups -OCH3 is 3. The molecule has 0 spiro atoms. The quantitative estimate of drug-likeness (QED) is 0.718. The molecule has 0 bridgehead atoms. The zero-order valence-electron chi connectivity index (χ0n) is 14.0. The molecule has 3 rings (SSSR count). The molecule has 0 radical (unpaired) electrons. The third-order valence-electron chi connectivity index (χ3n) is 3.75. The van der Waals surface area contributed by atoms with Crippen LogP contribution in [0.2, 0.25) is 5.02 Å². The van der Waals surface area contributed by atoms with Crippen molar-refractivity contribution in [3.05, 3.63) is 47.1 Å². The Morgan fingerprint density at radius 2 is 1.68 bits per heavy atom. The number of carbonyl (C=O) groups excluding carboxylic acids is 1. The largest absolute Gasteiger partial charge is 0.493 e. The smallest absolute Gasteiger partial charge is 0.272 e. The van der Waals surface area contributed by atoms with Crippen LogP contribution in [0.3, 0.4) is 0 Å². The first kappa shape index (κ1) is 17.0. The molecular formula is C18H17ClN2O4. The highest BCUT2D eigenvalue weighted by Gasteiger charge is 2.16. The number of aromatic amines is 1. The predicted molar refractivity (Wildman–Crippen MR) is 97.4 cm³/mol. The van der Waals surface area contributed by atoms with E-state index < -0.39 is 0 Å². The maximum Gasteiger partial charge on any atom is 0.272 e. The Morgan fingerprint density at radius 3 is 2.28 bits per heavy atom. The summed E-state index contributed by atoms with van der Waals surface area (Å²) in [5.41, 5.74) is 1.78. The molecular weight excluding hydrogens is 344 g/mol. The average molecular weight is 361 g/mol. The lowest BCUT2D eigenvalue weighted by Crippen LogP contribution is -2.12. The molecule has 0 unspecified atom stereocenters. The first-order chi connectivity index (χ1) is 12.0. The van der Waals surface area contributed by atoms with Gasteiger partial charge in [0.15, 0.2) is 11.5 Å². The van der Waals surface area contributed by atoms with Crippen molar-refractivity contribution in [3.8, 4) is 17.2 Å². The van der Waals surface area contributed by atoms with Crippen molar-refractivity contribution in [2.45, 2.75) is 0 Å². The third kappa shape index (κ3) is 3.34. The van der Waals surface area contributed by atoms with E-state index in [1.165, 1.54) is 21.3 Å². The van der Waals surface area contributed by atoms with E-state index in [1.54, 1.807) is 30.3 Å². The Balaban J connectivity index is 1.91. The van der Waals surface area contributed by atoms with Gasteiger partial charge in [-0.25, -0.2) is 0 Å². The first-order valence-corrected chi connectivity index (χ1v) is 7.83. The zero-order valence-corrected chi connectivity index (χ0v) is 14.7. The lowest BCUT2D eigenvalue weighted by atomic mass is 10.2. The van der Waals surface area contributed by atoms with Gasteiger partial charge in [0, 0.05) is 33.7 Å². The second-order valence-electron chi connectivity index (χ2n) is 5.28. The maximum atomic E-state index is 12.5. The Hall–Kier alpha value is -2.86. The molecule has 0 aliphatic rings. The molecule has 1 amide bonds. The van der Waals surface area contributed by atoms with E-state index in [-0.39, 0.29) is 5.91 Å². The number of halogens is 1. The Kier molecular flexibility index (Phi) is 4.72. The molecule has 0 saturated heterocycles. The molecule has 130 valence electrons. The Labute approximate surface area is 149 Å². The molecule has 0 fully saturated rings.